The van der Waals surface area contributed by atoms with E-state index >= 15 is 0 Å². The quantitative estimate of drug-likeness (QED) is 0.647. The van der Waals surface area contributed by atoms with Gasteiger partial charge < -0.3 is 4.74 Å². The third kappa shape index (κ3) is 5.46. The van der Waals surface area contributed by atoms with Crippen LogP contribution in [0.2, 0.25) is 0 Å². The first kappa shape index (κ1) is 18.2. The topological polar surface area (TPSA) is 84.5 Å². The molecule has 0 unspecified atom stereocenters. The van der Waals surface area contributed by atoms with Gasteiger partial charge in [-0.05, 0) is 35.7 Å². The number of ether oxygens (including phenoxy) is 1. The smallest absolute Gasteiger partial charge is 0.338 e. The molecule has 0 saturated carbocycles. The minimum absolute atomic E-state index is 0.365. The summed E-state index contributed by atoms with van der Waals surface area (Å²) in [6.07, 6.45) is 0. The molecular formula is C19H20N2O4. The second-order valence-corrected chi connectivity index (χ2v) is 5.72. The first-order valence-corrected chi connectivity index (χ1v) is 7.88. The van der Waals surface area contributed by atoms with Crippen molar-refractivity contribution in [2.45, 2.75) is 19.8 Å². The fourth-order valence-electron chi connectivity index (χ4n) is 2.04. The van der Waals surface area contributed by atoms with Crippen LogP contribution in [0.5, 0.6) is 0 Å². The summed E-state index contributed by atoms with van der Waals surface area (Å²) in [6, 6.07) is 15.4. The molecule has 0 spiro atoms. The van der Waals surface area contributed by atoms with Gasteiger partial charge in [-0.2, -0.15) is 0 Å². The summed E-state index contributed by atoms with van der Waals surface area (Å²) in [4.78, 5) is 35.3. The van der Waals surface area contributed by atoms with E-state index in [0.717, 1.165) is 5.56 Å². The Morgan fingerprint density at radius 2 is 1.52 bits per heavy atom. The summed E-state index contributed by atoms with van der Waals surface area (Å²) >= 11 is 0. The number of carbonyl (C=O) groups is 3. The average Bonchev–Trinajstić information content (AvgIpc) is 2.64. The van der Waals surface area contributed by atoms with E-state index in [4.69, 9.17) is 4.74 Å². The SMILES string of the molecule is CC(C)c1ccc(C(=O)OCC(=O)NNC(=O)c2ccccc2)cc1. The second kappa shape index (κ2) is 8.63. The molecule has 0 bridgehead atoms. The zero-order valence-corrected chi connectivity index (χ0v) is 14.1. The molecule has 0 radical (unpaired) electrons. The van der Waals surface area contributed by atoms with Crippen molar-refractivity contribution in [3.8, 4) is 0 Å². The van der Waals surface area contributed by atoms with Crippen LogP contribution in [0.25, 0.3) is 0 Å². The van der Waals surface area contributed by atoms with Crippen LogP contribution in [0.15, 0.2) is 54.6 Å². The molecule has 130 valence electrons. The van der Waals surface area contributed by atoms with E-state index in [9.17, 15) is 14.4 Å². The maximum Gasteiger partial charge on any atom is 0.338 e. The molecule has 25 heavy (non-hydrogen) atoms. The van der Waals surface area contributed by atoms with Gasteiger partial charge in [-0.15, -0.1) is 0 Å². The normalized spacial score (nSPS) is 10.2. The molecule has 0 heterocycles. The van der Waals surface area contributed by atoms with Crippen molar-refractivity contribution >= 4 is 17.8 Å². The number of carbonyl (C=O) groups excluding carboxylic acids is 3. The molecule has 2 rings (SSSR count). The maximum atomic E-state index is 11.9. The van der Waals surface area contributed by atoms with E-state index < -0.39 is 24.4 Å². The number of hydrazine groups is 1. The zero-order chi connectivity index (χ0) is 18.2. The van der Waals surface area contributed by atoms with Crippen LogP contribution in [0, 0.1) is 0 Å². The van der Waals surface area contributed by atoms with Crippen LogP contribution in [0.4, 0.5) is 0 Å². The van der Waals surface area contributed by atoms with Gasteiger partial charge in [0.1, 0.15) is 0 Å². The van der Waals surface area contributed by atoms with Crippen LogP contribution in [-0.2, 0) is 9.53 Å². The molecule has 2 N–H and O–H groups in total. The van der Waals surface area contributed by atoms with Gasteiger partial charge in [0.15, 0.2) is 6.61 Å². The number of hydrogen-bond donors (Lipinski definition) is 2. The summed E-state index contributed by atoms with van der Waals surface area (Å²) < 4.78 is 4.93. The molecule has 2 amide bonds. The summed E-state index contributed by atoms with van der Waals surface area (Å²) in [7, 11) is 0. The van der Waals surface area contributed by atoms with Gasteiger partial charge in [0.2, 0.25) is 0 Å². The number of esters is 1. The van der Waals surface area contributed by atoms with E-state index in [1.165, 1.54) is 0 Å². The molecule has 6 heteroatoms. The molecule has 2 aromatic rings. The van der Waals surface area contributed by atoms with Crippen molar-refractivity contribution in [2.24, 2.45) is 0 Å². The molecule has 0 fully saturated rings. The minimum Gasteiger partial charge on any atom is -0.452 e. The van der Waals surface area contributed by atoms with Crippen molar-refractivity contribution in [1.82, 2.24) is 10.9 Å². The lowest BCUT2D eigenvalue weighted by Gasteiger charge is -2.09. The number of rotatable bonds is 5. The van der Waals surface area contributed by atoms with Crippen LogP contribution < -0.4 is 10.9 Å². The van der Waals surface area contributed by atoms with Crippen LogP contribution in [0.3, 0.4) is 0 Å². The summed E-state index contributed by atoms with van der Waals surface area (Å²) in [5.41, 5.74) is 6.33. The van der Waals surface area contributed by atoms with Crippen molar-refractivity contribution in [1.29, 1.82) is 0 Å². The Balaban J connectivity index is 1.77. The third-order valence-corrected chi connectivity index (χ3v) is 3.50. The largest absolute Gasteiger partial charge is 0.452 e. The zero-order valence-electron chi connectivity index (χ0n) is 14.1. The second-order valence-electron chi connectivity index (χ2n) is 5.72. The predicted octanol–water partition coefficient (Wildman–Crippen LogP) is 2.43. The van der Waals surface area contributed by atoms with E-state index in [1.54, 1.807) is 42.5 Å². The van der Waals surface area contributed by atoms with Crippen LogP contribution >= 0.6 is 0 Å². The lowest BCUT2D eigenvalue weighted by Crippen LogP contribution is -2.43. The highest BCUT2D eigenvalue weighted by molar-refractivity contribution is 5.96. The monoisotopic (exact) mass is 340 g/mol. The van der Waals surface area contributed by atoms with E-state index in [2.05, 4.69) is 24.7 Å². The van der Waals surface area contributed by atoms with E-state index in [-0.39, 0.29) is 0 Å². The van der Waals surface area contributed by atoms with Crippen molar-refractivity contribution in [3.05, 3.63) is 71.3 Å². The Hall–Kier alpha value is -3.15. The lowest BCUT2D eigenvalue weighted by molar-refractivity contribution is -0.125. The van der Waals surface area contributed by atoms with Crippen molar-refractivity contribution < 1.29 is 19.1 Å². The maximum absolute atomic E-state index is 11.9. The van der Waals surface area contributed by atoms with E-state index in [1.807, 2.05) is 12.1 Å². The van der Waals surface area contributed by atoms with Gasteiger partial charge >= 0.3 is 5.97 Å². The van der Waals surface area contributed by atoms with Crippen LogP contribution in [-0.4, -0.2) is 24.4 Å². The Labute approximate surface area is 146 Å². The third-order valence-electron chi connectivity index (χ3n) is 3.50. The van der Waals surface area contributed by atoms with Gasteiger partial charge in [-0.1, -0.05) is 44.2 Å². The Morgan fingerprint density at radius 3 is 2.12 bits per heavy atom. The van der Waals surface area contributed by atoms with Gasteiger partial charge in [0, 0.05) is 5.56 Å². The summed E-state index contributed by atoms with van der Waals surface area (Å²) in [5, 5.41) is 0. The fourth-order valence-corrected chi connectivity index (χ4v) is 2.04. The first-order valence-electron chi connectivity index (χ1n) is 7.88. The number of amides is 2. The van der Waals surface area contributed by atoms with Gasteiger partial charge in [-0.25, -0.2) is 4.79 Å². The molecule has 0 aromatic heterocycles. The highest BCUT2D eigenvalue weighted by atomic mass is 16.5. The van der Waals surface area contributed by atoms with Gasteiger partial charge in [0.25, 0.3) is 11.8 Å². The molecule has 0 aliphatic rings. The lowest BCUT2D eigenvalue weighted by atomic mass is 10.0. The molecule has 0 aliphatic carbocycles. The highest BCUT2D eigenvalue weighted by Crippen LogP contribution is 2.15. The molecule has 0 saturated heterocycles. The van der Waals surface area contributed by atoms with Crippen LogP contribution in [0.1, 0.15) is 46.0 Å². The Morgan fingerprint density at radius 1 is 0.880 bits per heavy atom. The Kier molecular flexibility index (Phi) is 6.28. The molecule has 0 atom stereocenters. The Bertz CT molecular complexity index is 740. The molecule has 0 aliphatic heterocycles. The first-order chi connectivity index (χ1) is 12.0. The minimum atomic E-state index is -0.628. The predicted molar refractivity (Wildman–Crippen MR) is 92.9 cm³/mol. The number of hydrogen-bond acceptors (Lipinski definition) is 4. The van der Waals surface area contributed by atoms with Gasteiger partial charge in [-0.3, -0.25) is 20.4 Å². The number of benzene rings is 2. The molecule has 2 aromatic carbocycles. The summed E-state index contributed by atoms with van der Waals surface area (Å²) in [5.74, 6) is -1.31. The molecule has 6 nitrogen and oxygen atoms in total. The number of nitrogens with one attached hydrogen (secondary N) is 2. The standard InChI is InChI=1S/C19H20N2O4/c1-13(2)14-8-10-16(11-9-14)19(24)25-12-17(22)20-21-18(23)15-6-4-3-5-7-15/h3-11,13H,12H2,1-2H3,(H,20,22)(H,21,23). The van der Waals surface area contributed by atoms with Crippen molar-refractivity contribution in [2.75, 3.05) is 6.61 Å². The molecular weight excluding hydrogens is 320 g/mol. The van der Waals surface area contributed by atoms with Crippen molar-refractivity contribution in [3.63, 3.8) is 0 Å². The highest BCUT2D eigenvalue weighted by Gasteiger charge is 2.12. The fraction of sp³-hybridized carbons (Fsp3) is 0.211. The van der Waals surface area contributed by atoms with Gasteiger partial charge in [0.05, 0.1) is 5.56 Å². The summed E-state index contributed by atoms with van der Waals surface area (Å²) in [6.45, 7) is 3.63. The van der Waals surface area contributed by atoms with E-state index in [0.29, 0.717) is 17.0 Å². The average molecular weight is 340 g/mol.